The van der Waals surface area contributed by atoms with E-state index in [0.29, 0.717) is 22.2 Å². The molecular weight excluding hydrogens is 272 g/mol. The number of carbonyl (C=O) groups excluding carboxylic acids is 1. The third-order valence-corrected chi connectivity index (χ3v) is 3.33. The molecule has 4 heteroatoms. The quantitative estimate of drug-likeness (QED) is 0.828. The van der Waals surface area contributed by atoms with Gasteiger partial charge in [0.1, 0.15) is 0 Å². The summed E-state index contributed by atoms with van der Waals surface area (Å²) in [6, 6.07) is 12.6. The summed E-state index contributed by atoms with van der Waals surface area (Å²) in [5.74, 6) is 0.225. The molecule has 2 rings (SSSR count). The Morgan fingerprint density at radius 1 is 1.15 bits per heavy atom. The maximum Gasteiger partial charge on any atom is 0.257 e. The number of benzene rings is 2. The fraction of sp³-hybridized carbons (Fsp3) is 0.188. The minimum absolute atomic E-state index is 0.239. The lowest BCUT2D eigenvalue weighted by Crippen LogP contribution is -2.14. The lowest BCUT2D eigenvalue weighted by atomic mass is 10.0. The molecule has 2 aromatic carbocycles. The summed E-state index contributed by atoms with van der Waals surface area (Å²) in [6.45, 7) is 4.25. The van der Waals surface area contributed by atoms with E-state index in [-0.39, 0.29) is 5.91 Å². The molecule has 104 valence electrons. The van der Waals surface area contributed by atoms with Gasteiger partial charge < -0.3 is 11.1 Å². The third-order valence-electron chi connectivity index (χ3n) is 3.09. The zero-order chi connectivity index (χ0) is 14.7. The fourth-order valence-electron chi connectivity index (χ4n) is 1.89. The van der Waals surface area contributed by atoms with E-state index < -0.39 is 0 Å². The zero-order valence-corrected chi connectivity index (χ0v) is 12.2. The standard InChI is InChI=1S/C16H17ClN2O/c1-10(2)11-3-6-13(7-4-11)19-16(20)14-8-5-12(17)9-15(14)18/h3-10H,18H2,1-2H3,(H,19,20). The van der Waals surface area contributed by atoms with Crippen molar-refractivity contribution in [1.82, 2.24) is 0 Å². The molecule has 0 aliphatic heterocycles. The van der Waals surface area contributed by atoms with Crippen molar-refractivity contribution >= 4 is 28.9 Å². The summed E-state index contributed by atoms with van der Waals surface area (Å²) in [6.07, 6.45) is 0. The first-order valence-electron chi connectivity index (χ1n) is 6.43. The van der Waals surface area contributed by atoms with Crippen LogP contribution in [-0.4, -0.2) is 5.91 Å². The smallest absolute Gasteiger partial charge is 0.257 e. The summed E-state index contributed by atoms with van der Waals surface area (Å²) in [5.41, 5.74) is 8.56. The summed E-state index contributed by atoms with van der Waals surface area (Å²) >= 11 is 5.82. The Labute approximate surface area is 123 Å². The molecule has 1 amide bonds. The molecule has 0 atom stereocenters. The number of halogens is 1. The van der Waals surface area contributed by atoms with E-state index in [9.17, 15) is 4.79 Å². The Morgan fingerprint density at radius 2 is 1.80 bits per heavy atom. The van der Waals surface area contributed by atoms with Crippen LogP contribution in [0.5, 0.6) is 0 Å². The molecule has 0 aliphatic carbocycles. The number of anilines is 2. The highest BCUT2D eigenvalue weighted by Gasteiger charge is 2.10. The van der Waals surface area contributed by atoms with Crippen LogP contribution in [0.1, 0.15) is 35.7 Å². The third kappa shape index (κ3) is 3.31. The highest BCUT2D eigenvalue weighted by Crippen LogP contribution is 2.21. The average molecular weight is 289 g/mol. The van der Waals surface area contributed by atoms with Crippen LogP contribution in [0, 0.1) is 0 Å². The fourth-order valence-corrected chi connectivity index (χ4v) is 2.07. The van der Waals surface area contributed by atoms with E-state index in [0.717, 1.165) is 5.69 Å². The molecule has 0 aliphatic rings. The maximum atomic E-state index is 12.1. The van der Waals surface area contributed by atoms with Gasteiger partial charge in [-0.25, -0.2) is 0 Å². The molecule has 0 aromatic heterocycles. The molecule has 0 radical (unpaired) electrons. The molecule has 2 aromatic rings. The van der Waals surface area contributed by atoms with Crippen LogP contribution in [0.2, 0.25) is 5.02 Å². The molecule has 3 nitrogen and oxygen atoms in total. The molecule has 0 unspecified atom stereocenters. The van der Waals surface area contributed by atoms with Crippen molar-refractivity contribution in [3.8, 4) is 0 Å². The Bertz CT molecular complexity index is 621. The molecular formula is C16H17ClN2O. The van der Waals surface area contributed by atoms with Crippen molar-refractivity contribution < 1.29 is 4.79 Å². The number of nitrogens with two attached hydrogens (primary N) is 1. The molecule has 0 fully saturated rings. The van der Waals surface area contributed by atoms with Crippen LogP contribution in [-0.2, 0) is 0 Å². The number of nitrogen functional groups attached to an aromatic ring is 1. The number of rotatable bonds is 3. The highest BCUT2D eigenvalue weighted by atomic mass is 35.5. The Balaban J connectivity index is 2.15. The molecule has 0 saturated heterocycles. The average Bonchev–Trinajstić information content (AvgIpc) is 2.39. The van der Waals surface area contributed by atoms with Crippen LogP contribution >= 0.6 is 11.6 Å². The van der Waals surface area contributed by atoms with Crippen molar-refractivity contribution in [3.63, 3.8) is 0 Å². The topological polar surface area (TPSA) is 55.1 Å². The van der Waals surface area contributed by atoms with Gasteiger partial charge in [-0.3, -0.25) is 4.79 Å². The molecule has 3 N–H and O–H groups in total. The van der Waals surface area contributed by atoms with Crippen molar-refractivity contribution in [3.05, 3.63) is 58.6 Å². The lowest BCUT2D eigenvalue weighted by molar-refractivity contribution is 0.102. The molecule has 0 spiro atoms. The summed E-state index contributed by atoms with van der Waals surface area (Å²) in [5, 5.41) is 3.34. The van der Waals surface area contributed by atoms with Crippen molar-refractivity contribution in [1.29, 1.82) is 0 Å². The van der Waals surface area contributed by atoms with Gasteiger partial charge >= 0.3 is 0 Å². The van der Waals surface area contributed by atoms with Gasteiger partial charge in [0.25, 0.3) is 5.91 Å². The number of hydrogen-bond donors (Lipinski definition) is 2. The van der Waals surface area contributed by atoms with Crippen LogP contribution < -0.4 is 11.1 Å². The first kappa shape index (κ1) is 14.4. The second-order valence-electron chi connectivity index (χ2n) is 4.96. The van der Waals surface area contributed by atoms with Gasteiger partial charge in [-0.05, 0) is 41.8 Å². The Morgan fingerprint density at radius 3 is 2.35 bits per heavy atom. The first-order valence-corrected chi connectivity index (χ1v) is 6.81. The monoisotopic (exact) mass is 288 g/mol. The van der Waals surface area contributed by atoms with E-state index in [2.05, 4.69) is 19.2 Å². The number of nitrogens with one attached hydrogen (secondary N) is 1. The van der Waals surface area contributed by atoms with Gasteiger partial charge in [-0.2, -0.15) is 0 Å². The van der Waals surface area contributed by atoms with Gasteiger partial charge in [0, 0.05) is 16.4 Å². The van der Waals surface area contributed by atoms with E-state index >= 15 is 0 Å². The van der Waals surface area contributed by atoms with Gasteiger partial charge in [-0.15, -0.1) is 0 Å². The van der Waals surface area contributed by atoms with E-state index in [1.807, 2.05) is 24.3 Å². The van der Waals surface area contributed by atoms with Crippen LogP contribution in [0.4, 0.5) is 11.4 Å². The van der Waals surface area contributed by atoms with Crippen LogP contribution in [0.3, 0.4) is 0 Å². The number of carbonyl (C=O) groups is 1. The maximum absolute atomic E-state index is 12.1. The van der Waals surface area contributed by atoms with Crippen LogP contribution in [0.15, 0.2) is 42.5 Å². The predicted molar refractivity (Wildman–Crippen MR) is 84.3 cm³/mol. The minimum Gasteiger partial charge on any atom is -0.398 e. The predicted octanol–water partition coefficient (Wildman–Crippen LogP) is 4.30. The highest BCUT2D eigenvalue weighted by molar-refractivity contribution is 6.31. The molecule has 20 heavy (non-hydrogen) atoms. The number of hydrogen-bond acceptors (Lipinski definition) is 2. The summed E-state index contributed by atoms with van der Waals surface area (Å²) in [7, 11) is 0. The second kappa shape index (κ2) is 5.97. The van der Waals surface area contributed by atoms with Crippen molar-refractivity contribution in [2.75, 3.05) is 11.1 Å². The van der Waals surface area contributed by atoms with E-state index in [1.54, 1.807) is 18.2 Å². The first-order chi connectivity index (χ1) is 9.47. The molecule has 0 heterocycles. The van der Waals surface area contributed by atoms with E-state index in [1.165, 1.54) is 5.56 Å². The van der Waals surface area contributed by atoms with Gasteiger partial charge in [-0.1, -0.05) is 37.6 Å². The minimum atomic E-state index is -0.239. The molecule has 0 bridgehead atoms. The van der Waals surface area contributed by atoms with Crippen LogP contribution in [0.25, 0.3) is 0 Å². The second-order valence-corrected chi connectivity index (χ2v) is 5.40. The van der Waals surface area contributed by atoms with Crippen molar-refractivity contribution in [2.45, 2.75) is 19.8 Å². The molecule has 0 saturated carbocycles. The summed E-state index contributed by atoms with van der Waals surface area (Å²) in [4.78, 5) is 12.1. The largest absolute Gasteiger partial charge is 0.398 e. The van der Waals surface area contributed by atoms with Crippen molar-refractivity contribution in [2.24, 2.45) is 0 Å². The Hall–Kier alpha value is -2.00. The normalized spacial score (nSPS) is 10.6. The number of amides is 1. The lowest BCUT2D eigenvalue weighted by Gasteiger charge is -2.10. The SMILES string of the molecule is CC(C)c1ccc(NC(=O)c2ccc(Cl)cc2N)cc1. The summed E-state index contributed by atoms with van der Waals surface area (Å²) < 4.78 is 0. The van der Waals surface area contributed by atoms with Gasteiger partial charge in [0.05, 0.1) is 5.56 Å². The van der Waals surface area contributed by atoms with E-state index in [4.69, 9.17) is 17.3 Å². The van der Waals surface area contributed by atoms with Gasteiger partial charge in [0.2, 0.25) is 0 Å². The zero-order valence-electron chi connectivity index (χ0n) is 11.5. The van der Waals surface area contributed by atoms with Gasteiger partial charge in [0.15, 0.2) is 0 Å². The Kier molecular flexibility index (Phi) is 4.30.